The Balaban J connectivity index is 2.26. The highest BCUT2D eigenvalue weighted by Crippen LogP contribution is 2.28. The van der Waals surface area contributed by atoms with E-state index < -0.39 is 0 Å². The van der Waals surface area contributed by atoms with E-state index in [0.717, 1.165) is 11.1 Å². The minimum atomic E-state index is 0.365. The zero-order chi connectivity index (χ0) is 12.3. The van der Waals surface area contributed by atoms with Crippen molar-refractivity contribution in [2.75, 3.05) is 0 Å². The molecule has 86 valence electrons. The number of nitrogens with zero attached hydrogens (tertiary/aromatic N) is 2. The first-order valence-electron chi connectivity index (χ1n) is 5.06. The molecular weight excluding hydrogens is 236 g/mol. The second-order valence-corrected chi connectivity index (χ2v) is 3.99. The first-order chi connectivity index (χ1) is 8.16. The molecule has 2 aromatic rings. The number of allylic oxidation sites excluding steroid dienone is 1. The number of pyridine rings is 2. The molecule has 0 radical (unpaired) electrons. The average molecular weight is 247 g/mol. The van der Waals surface area contributed by atoms with Gasteiger partial charge in [-0.15, -0.1) is 0 Å². The van der Waals surface area contributed by atoms with E-state index in [9.17, 15) is 0 Å². The van der Waals surface area contributed by atoms with Crippen LogP contribution in [0.4, 0.5) is 0 Å². The third-order valence-electron chi connectivity index (χ3n) is 2.15. The van der Waals surface area contributed by atoms with Crippen LogP contribution in [-0.2, 0) is 0 Å². The van der Waals surface area contributed by atoms with Crippen LogP contribution < -0.4 is 4.74 Å². The number of halogens is 1. The fourth-order valence-corrected chi connectivity index (χ4v) is 1.46. The maximum Gasteiger partial charge on any atom is 0.238 e. The summed E-state index contributed by atoms with van der Waals surface area (Å²) in [4.78, 5) is 8.10. The van der Waals surface area contributed by atoms with Gasteiger partial charge in [-0.3, -0.25) is 4.98 Å². The van der Waals surface area contributed by atoms with Gasteiger partial charge in [-0.25, -0.2) is 4.98 Å². The molecule has 0 N–H and O–H groups in total. The molecule has 0 unspecified atom stereocenters. The largest absolute Gasteiger partial charge is 0.436 e. The molecule has 0 saturated heterocycles. The standard InChI is InChI=1S/C13H11ClN2O/c1-9(2)10-6-12(14)13(16-7-10)17-11-4-3-5-15-8-11/h3-8H,1H2,2H3. The van der Waals surface area contributed by atoms with Gasteiger partial charge < -0.3 is 4.74 Å². The van der Waals surface area contributed by atoms with Crippen molar-refractivity contribution >= 4 is 17.2 Å². The molecule has 2 rings (SSSR count). The normalized spacial score (nSPS) is 10.0. The summed E-state index contributed by atoms with van der Waals surface area (Å²) in [6, 6.07) is 5.35. The molecule has 0 saturated carbocycles. The van der Waals surface area contributed by atoms with Crippen LogP contribution in [0.3, 0.4) is 0 Å². The zero-order valence-corrected chi connectivity index (χ0v) is 10.1. The van der Waals surface area contributed by atoms with Crippen LogP contribution in [0.5, 0.6) is 11.6 Å². The maximum atomic E-state index is 6.07. The molecule has 0 aliphatic carbocycles. The van der Waals surface area contributed by atoms with Crippen molar-refractivity contribution in [3.63, 3.8) is 0 Å². The highest BCUT2D eigenvalue weighted by atomic mass is 35.5. The summed E-state index contributed by atoms with van der Waals surface area (Å²) in [7, 11) is 0. The number of rotatable bonds is 3. The van der Waals surface area contributed by atoms with E-state index in [1.807, 2.05) is 6.92 Å². The van der Waals surface area contributed by atoms with Gasteiger partial charge >= 0.3 is 0 Å². The van der Waals surface area contributed by atoms with Crippen molar-refractivity contribution in [3.8, 4) is 11.6 Å². The SMILES string of the molecule is C=C(C)c1cnc(Oc2cccnc2)c(Cl)c1. The second kappa shape index (κ2) is 4.97. The van der Waals surface area contributed by atoms with Crippen LogP contribution in [0.15, 0.2) is 43.4 Å². The van der Waals surface area contributed by atoms with E-state index in [0.29, 0.717) is 16.7 Å². The first-order valence-corrected chi connectivity index (χ1v) is 5.44. The van der Waals surface area contributed by atoms with E-state index in [2.05, 4.69) is 16.5 Å². The van der Waals surface area contributed by atoms with Crippen LogP contribution in [0, 0.1) is 0 Å². The fourth-order valence-electron chi connectivity index (χ4n) is 1.25. The average Bonchev–Trinajstić information content (AvgIpc) is 2.33. The van der Waals surface area contributed by atoms with Gasteiger partial charge in [-0.2, -0.15) is 0 Å². The molecule has 2 heterocycles. The summed E-state index contributed by atoms with van der Waals surface area (Å²) in [5.74, 6) is 0.967. The van der Waals surface area contributed by atoms with E-state index >= 15 is 0 Å². The minimum Gasteiger partial charge on any atom is -0.436 e. The Morgan fingerprint density at radius 2 is 2.24 bits per heavy atom. The Hall–Kier alpha value is -1.87. The summed E-state index contributed by atoms with van der Waals surface area (Å²) < 4.78 is 5.51. The number of ether oxygens (including phenoxy) is 1. The van der Waals surface area contributed by atoms with Crippen LogP contribution in [0.2, 0.25) is 5.02 Å². The molecule has 17 heavy (non-hydrogen) atoms. The number of aromatic nitrogens is 2. The van der Waals surface area contributed by atoms with Crippen molar-refractivity contribution < 1.29 is 4.74 Å². The van der Waals surface area contributed by atoms with Gasteiger partial charge in [0, 0.05) is 12.4 Å². The van der Waals surface area contributed by atoms with Gasteiger partial charge in [0.1, 0.15) is 10.8 Å². The highest BCUT2D eigenvalue weighted by molar-refractivity contribution is 6.32. The zero-order valence-electron chi connectivity index (χ0n) is 9.35. The quantitative estimate of drug-likeness (QED) is 0.822. The maximum absolute atomic E-state index is 6.07. The lowest BCUT2D eigenvalue weighted by Crippen LogP contribution is -1.91. The van der Waals surface area contributed by atoms with Crippen molar-refractivity contribution in [2.24, 2.45) is 0 Å². The summed E-state index contributed by atoms with van der Waals surface area (Å²) in [5, 5.41) is 0.453. The molecule has 0 aliphatic heterocycles. The lowest BCUT2D eigenvalue weighted by molar-refractivity contribution is 0.461. The fraction of sp³-hybridized carbons (Fsp3) is 0.0769. The number of hydrogen-bond donors (Lipinski definition) is 0. The summed E-state index contributed by atoms with van der Waals surface area (Å²) in [5.41, 5.74) is 1.81. The third-order valence-corrected chi connectivity index (χ3v) is 2.42. The smallest absolute Gasteiger partial charge is 0.238 e. The Bertz CT molecular complexity index is 540. The molecule has 0 amide bonds. The van der Waals surface area contributed by atoms with Crippen LogP contribution in [-0.4, -0.2) is 9.97 Å². The Labute approximate surface area is 105 Å². The van der Waals surface area contributed by atoms with E-state index in [4.69, 9.17) is 16.3 Å². The van der Waals surface area contributed by atoms with Gasteiger partial charge in [0.2, 0.25) is 5.88 Å². The van der Waals surface area contributed by atoms with E-state index in [1.54, 1.807) is 36.8 Å². The molecule has 0 spiro atoms. The molecule has 0 bridgehead atoms. The van der Waals surface area contributed by atoms with Gasteiger partial charge in [-0.05, 0) is 36.3 Å². The van der Waals surface area contributed by atoms with Crippen molar-refractivity contribution in [2.45, 2.75) is 6.92 Å². The first kappa shape index (κ1) is 11.6. The van der Waals surface area contributed by atoms with Crippen LogP contribution in [0.1, 0.15) is 12.5 Å². The Morgan fingerprint density at radius 3 is 2.82 bits per heavy atom. The second-order valence-electron chi connectivity index (χ2n) is 3.58. The predicted octanol–water partition coefficient (Wildman–Crippen LogP) is 3.96. The topological polar surface area (TPSA) is 35.0 Å². The lowest BCUT2D eigenvalue weighted by Gasteiger charge is -2.07. The Morgan fingerprint density at radius 1 is 1.41 bits per heavy atom. The highest BCUT2D eigenvalue weighted by Gasteiger charge is 2.06. The number of hydrogen-bond acceptors (Lipinski definition) is 3. The molecule has 0 aromatic carbocycles. The molecule has 3 nitrogen and oxygen atoms in total. The van der Waals surface area contributed by atoms with Crippen LogP contribution in [0.25, 0.3) is 5.57 Å². The van der Waals surface area contributed by atoms with E-state index in [1.165, 1.54) is 0 Å². The van der Waals surface area contributed by atoms with E-state index in [-0.39, 0.29) is 0 Å². The molecule has 2 aromatic heterocycles. The van der Waals surface area contributed by atoms with Crippen molar-refractivity contribution in [1.29, 1.82) is 0 Å². The summed E-state index contributed by atoms with van der Waals surface area (Å²) in [6.07, 6.45) is 4.96. The molecule has 0 aliphatic rings. The van der Waals surface area contributed by atoms with Gasteiger partial charge in [-0.1, -0.05) is 18.2 Å². The lowest BCUT2D eigenvalue weighted by atomic mass is 10.1. The monoisotopic (exact) mass is 246 g/mol. The molecule has 0 fully saturated rings. The molecule has 0 atom stereocenters. The van der Waals surface area contributed by atoms with Crippen molar-refractivity contribution in [3.05, 3.63) is 54.0 Å². The van der Waals surface area contributed by atoms with Gasteiger partial charge in [0.05, 0.1) is 6.20 Å². The van der Waals surface area contributed by atoms with Gasteiger partial charge in [0.25, 0.3) is 0 Å². The molecule has 4 heteroatoms. The van der Waals surface area contributed by atoms with Crippen molar-refractivity contribution in [1.82, 2.24) is 9.97 Å². The third kappa shape index (κ3) is 2.82. The minimum absolute atomic E-state index is 0.365. The summed E-state index contributed by atoms with van der Waals surface area (Å²) >= 11 is 6.07. The molecular formula is C13H11ClN2O. The van der Waals surface area contributed by atoms with Crippen LogP contribution >= 0.6 is 11.6 Å². The summed E-state index contributed by atoms with van der Waals surface area (Å²) in [6.45, 7) is 5.73. The predicted molar refractivity (Wildman–Crippen MR) is 68.3 cm³/mol. The van der Waals surface area contributed by atoms with Gasteiger partial charge in [0.15, 0.2) is 0 Å². The Kier molecular flexibility index (Phi) is 3.40.